The van der Waals surface area contributed by atoms with E-state index in [4.69, 9.17) is 16.7 Å². The summed E-state index contributed by atoms with van der Waals surface area (Å²) in [5.41, 5.74) is 0.0983. The van der Waals surface area contributed by atoms with Gasteiger partial charge in [-0.25, -0.2) is 9.18 Å². The SMILES string of the molecule is CC(C)C[C@H](NC(=O)CNC(=O)c1ccc(F)c(Cl)c1)C(=O)O. The first-order valence-electron chi connectivity index (χ1n) is 6.96. The van der Waals surface area contributed by atoms with E-state index >= 15 is 0 Å². The van der Waals surface area contributed by atoms with E-state index in [-0.39, 0.29) is 22.9 Å². The largest absolute Gasteiger partial charge is 0.480 e. The maximum atomic E-state index is 13.0. The van der Waals surface area contributed by atoms with E-state index in [0.29, 0.717) is 0 Å². The number of halogens is 2. The van der Waals surface area contributed by atoms with Gasteiger partial charge in [0, 0.05) is 5.56 Å². The summed E-state index contributed by atoms with van der Waals surface area (Å²) in [7, 11) is 0. The van der Waals surface area contributed by atoms with Crippen LogP contribution in [0.2, 0.25) is 5.02 Å². The monoisotopic (exact) mass is 344 g/mol. The maximum absolute atomic E-state index is 13.0. The van der Waals surface area contributed by atoms with Crippen molar-refractivity contribution in [2.45, 2.75) is 26.3 Å². The zero-order valence-electron chi connectivity index (χ0n) is 12.7. The van der Waals surface area contributed by atoms with Gasteiger partial charge in [0.05, 0.1) is 11.6 Å². The van der Waals surface area contributed by atoms with Gasteiger partial charge in [-0.3, -0.25) is 9.59 Å². The summed E-state index contributed by atoms with van der Waals surface area (Å²) in [4.78, 5) is 34.6. The quantitative estimate of drug-likeness (QED) is 0.703. The third kappa shape index (κ3) is 6.23. The van der Waals surface area contributed by atoms with Crippen LogP contribution in [0.3, 0.4) is 0 Å². The fraction of sp³-hybridized carbons (Fsp3) is 0.400. The summed E-state index contributed by atoms with van der Waals surface area (Å²) < 4.78 is 13.0. The molecule has 0 aliphatic rings. The molecule has 0 aliphatic carbocycles. The Hall–Kier alpha value is -2.15. The molecule has 1 aromatic carbocycles. The minimum atomic E-state index is -1.14. The predicted molar refractivity (Wildman–Crippen MR) is 82.8 cm³/mol. The zero-order valence-corrected chi connectivity index (χ0v) is 13.5. The van der Waals surface area contributed by atoms with Crippen LogP contribution in [0.25, 0.3) is 0 Å². The van der Waals surface area contributed by atoms with E-state index < -0.39 is 36.2 Å². The Balaban J connectivity index is 2.56. The molecule has 1 aromatic rings. The second-order valence-electron chi connectivity index (χ2n) is 5.40. The van der Waals surface area contributed by atoms with E-state index in [1.165, 1.54) is 6.07 Å². The lowest BCUT2D eigenvalue weighted by molar-refractivity contribution is -0.142. The lowest BCUT2D eigenvalue weighted by Gasteiger charge is -2.16. The predicted octanol–water partition coefficient (Wildman–Crippen LogP) is 1.82. The number of carbonyl (C=O) groups excluding carboxylic acids is 2. The molecular weight excluding hydrogens is 327 g/mol. The van der Waals surface area contributed by atoms with Gasteiger partial charge in [-0.15, -0.1) is 0 Å². The number of hydrogen-bond donors (Lipinski definition) is 3. The number of amides is 2. The Kier molecular flexibility index (Phi) is 6.96. The summed E-state index contributed by atoms with van der Waals surface area (Å²) >= 11 is 5.57. The molecule has 0 bridgehead atoms. The molecule has 0 radical (unpaired) electrons. The standard InChI is InChI=1S/C15H18ClFN2O4/c1-8(2)5-12(15(22)23)19-13(20)7-18-14(21)9-3-4-11(17)10(16)6-9/h3-4,6,8,12H,5,7H2,1-2H3,(H,18,21)(H,19,20)(H,22,23)/t12-/m0/s1. The average molecular weight is 345 g/mol. The van der Waals surface area contributed by atoms with Crippen molar-refractivity contribution in [1.82, 2.24) is 10.6 Å². The van der Waals surface area contributed by atoms with Crippen LogP contribution in [0, 0.1) is 11.7 Å². The van der Waals surface area contributed by atoms with Crippen molar-refractivity contribution in [2.24, 2.45) is 5.92 Å². The molecule has 3 N–H and O–H groups in total. The molecule has 0 fully saturated rings. The Morgan fingerprint density at radius 3 is 2.48 bits per heavy atom. The molecule has 0 saturated carbocycles. The van der Waals surface area contributed by atoms with Crippen LogP contribution in [-0.2, 0) is 9.59 Å². The molecule has 0 aliphatic heterocycles. The number of aliphatic carboxylic acids is 1. The fourth-order valence-electron chi connectivity index (χ4n) is 1.84. The van der Waals surface area contributed by atoms with E-state index in [9.17, 15) is 18.8 Å². The van der Waals surface area contributed by atoms with Crippen LogP contribution in [0.1, 0.15) is 30.6 Å². The lowest BCUT2D eigenvalue weighted by atomic mass is 10.0. The highest BCUT2D eigenvalue weighted by Crippen LogP contribution is 2.15. The molecule has 1 rings (SSSR count). The normalized spacial score (nSPS) is 11.9. The minimum absolute atomic E-state index is 0.0901. The number of hydrogen-bond acceptors (Lipinski definition) is 3. The first-order valence-corrected chi connectivity index (χ1v) is 7.34. The van der Waals surface area contributed by atoms with Crippen LogP contribution in [0.15, 0.2) is 18.2 Å². The zero-order chi connectivity index (χ0) is 17.6. The second kappa shape index (κ2) is 8.47. The van der Waals surface area contributed by atoms with Crippen LogP contribution < -0.4 is 10.6 Å². The molecule has 0 heterocycles. The molecule has 2 amide bonds. The summed E-state index contributed by atoms with van der Waals surface area (Å²) in [6, 6.07) is 2.40. The molecule has 23 heavy (non-hydrogen) atoms. The van der Waals surface area contributed by atoms with Gasteiger partial charge in [0.2, 0.25) is 5.91 Å². The Bertz CT molecular complexity index is 607. The molecule has 0 unspecified atom stereocenters. The van der Waals surface area contributed by atoms with Crippen molar-refractivity contribution >= 4 is 29.4 Å². The summed E-state index contributed by atoms with van der Waals surface area (Å²) in [6.45, 7) is 3.28. The van der Waals surface area contributed by atoms with Gasteiger partial charge in [-0.1, -0.05) is 25.4 Å². The van der Waals surface area contributed by atoms with Gasteiger partial charge in [-0.05, 0) is 30.5 Å². The number of rotatable bonds is 7. The summed E-state index contributed by atoms with van der Waals surface area (Å²) in [5.74, 6) is -2.94. The number of benzene rings is 1. The van der Waals surface area contributed by atoms with Crippen molar-refractivity contribution < 1.29 is 23.9 Å². The first kappa shape index (κ1) is 18.9. The first-order chi connectivity index (χ1) is 10.7. The van der Waals surface area contributed by atoms with Gasteiger partial charge >= 0.3 is 5.97 Å². The summed E-state index contributed by atoms with van der Waals surface area (Å²) in [6.07, 6.45) is 0.280. The van der Waals surface area contributed by atoms with Gasteiger partial charge in [0.25, 0.3) is 5.91 Å². The molecule has 1 atom stereocenters. The smallest absolute Gasteiger partial charge is 0.326 e. The van der Waals surface area contributed by atoms with Crippen molar-refractivity contribution in [3.63, 3.8) is 0 Å². The van der Waals surface area contributed by atoms with Crippen molar-refractivity contribution in [1.29, 1.82) is 0 Å². The van der Waals surface area contributed by atoms with Gasteiger partial charge in [0.15, 0.2) is 0 Å². The molecule has 126 valence electrons. The lowest BCUT2D eigenvalue weighted by Crippen LogP contribution is -2.46. The molecule has 0 aromatic heterocycles. The Morgan fingerprint density at radius 1 is 1.30 bits per heavy atom. The highest BCUT2D eigenvalue weighted by atomic mass is 35.5. The van der Waals surface area contributed by atoms with Crippen LogP contribution in [0.5, 0.6) is 0 Å². The highest BCUT2D eigenvalue weighted by Gasteiger charge is 2.21. The Labute approximate surface area is 138 Å². The van der Waals surface area contributed by atoms with E-state index in [1.54, 1.807) is 0 Å². The minimum Gasteiger partial charge on any atom is -0.480 e. The van der Waals surface area contributed by atoms with E-state index in [1.807, 2.05) is 13.8 Å². The number of carboxylic acids is 1. The molecule has 8 heteroatoms. The van der Waals surface area contributed by atoms with E-state index in [2.05, 4.69) is 10.6 Å². The highest BCUT2D eigenvalue weighted by molar-refractivity contribution is 6.31. The third-order valence-corrected chi connectivity index (χ3v) is 3.22. The fourth-order valence-corrected chi connectivity index (χ4v) is 2.02. The van der Waals surface area contributed by atoms with Gasteiger partial charge in [0.1, 0.15) is 11.9 Å². The van der Waals surface area contributed by atoms with E-state index in [0.717, 1.165) is 12.1 Å². The van der Waals surface area contributed by atoms with Crippen LogP contribution in [-0.4, -0.2) is 35.5 Å². The maximum Gasteiger partial charge on any atom is 0.326 e. The summed E-state index contributed by atoms with van der Waals surface area (Å²) in [5, 5.41) is 13.5. The molecule has 0 spiro atoms. The van der Waals surface area contributed by atoms with Gasteiger partial charge < -0.3 is 15.7 Å². The topological polar surface area (TPSA) is 95.5 Å². The molecule has 6 nitrogen and oxygen atoms in total. The van der Waals surface area contributed by atoms with Crippen LogP contribution in [0.4, 0.5) is 4.39 Å². The number of carbonyl (C=O) groups is 3. The molecule has 0 saturated heterocycles. The van der Waals surface area contributed by atoms with Crippen molar-refractivity contribution in [3.05, 3.63) is 34.6 Å². The van der Waals surface area contributed by atoms with Gasteiger partial charge in [-0.2, -0.15) is 0 Å². The van der Waals surface area contributed by atoms with Crippen molar-refractivity contribution in [3.8, 4) is 0 Å². The van der Waals surface area contributed by atoms with Crippen molar-refractivity contribution in [2.75, 3.05) is 6.54 Å². The third-order valence-electron chi connectivity index (χ3n) is 2.93. The second-order valence-corrected chi connectivity index (χ2v) is 5.81. The average Bonchev–Trinajstić information content (AvgIpc) is 2.46. The van der Waals surface area contributed by atoms with Crippen LogP contribution >= 0.6 is 11.6 Å². The molecular formula is C15H18ClFN2O4. The Morgan fingerprint density at radius 2 is 1.96 bits per heavy atom. The number of nitrogens with one attached hydrogen (secondary N) is 2. The number of carboxylic acid groups (broad SMARTS) is 1.